The molecular weight excluding hydrogens is 370 g/mol. The third kappa shape index (κ3) is 4.68. The quantitative estimate of drug-likeness (QED) is 0.602. The molecule has 0 aliphatic rings. The zero-order chi connectivity index (χ0) is 17.5. The first-order chi connectivity index (χ1) is 11.5. The average Bonchev–Trinajstić information content (AvgIpc) is 2.60. The maximum absolute atomic E-state index is 12.6. The molecule has 0 saturated heterocycles. The summed E-state index contributed by atoms with van der Waals surface area (Å²) >= 11 is 3.40. The average molecular weight is 390 g/mol. The van der Waals surface area contributed by atoms with Crippen LogP contribution in [0.25, 0.3) is 0 Å². The van der Waals surface area contributed by atoms with Gasteiger partial charge in [0.05, 0.1) is 6.61 Å². The summed E-state index contributed by atoms with van der Waals surface area (Å²) in [4.78, 5) is 24.2. The molecule has 0 radical (unpaired) electrons. The van der Waals surface area contributed by atoms with Gasteiger partial charge in [0.1, 0.15) is 4.83 Å². The number of ether oxygens (including phenoxy) is 1. The molecule has 0 aliphatic carbocycles. The first-order valence-corrected chi connectivity index (χ1v) is 8.67. The van der Waals surface area contributed by atoms with E-state index in [1.54, 1.807) is 19.1 Å². The van der Waals surface area contributed by atoms with E-state index in [4.69, 9.17) is 4.74 Å². The first-order valence-electron chi connectivity index (χ1n) is 7.75. The van der Waals surface area contributed by atoms with Crippen LogP contribution in [-0.2, 0) is 14.3 Å². The number of rotatable bonds is 6. The highest BCUT2D eigenvalue weighted by Gasteiger charge is 2.27. The number of esters is 1. The van der Waals surface area contributed by atoms with Gasteiger partial charge >= 0.3 is 5.97 Å². The van der Waals surface area contributed by atoms with Crippen molar-refractivity contribution < 1.29 is 14.3 Å². The molecule has 0 spiro atoms. The molecule has 2 rings (SSSR count). The van der Waals surface area contributed by atoms with Crippen molar-refractivity contribution in [3.05, 3.63) is 71.3 Å². The molecule has 1 N–H and O–H groups in total. The highest BCUT2D eigenvalue weighted by atomic mass is 79.9. The van der Waals surface area contributed by atoms with Crippen LogP contribution in [0.4, 0.5) is 0 Å². The fraction of sp³-hybridized carbons (Fsp3) is 0.263. The standard InChI is InChI=1S/C19H20BrNO3/c1-3-24-19(23)17(15-7-5-4-6-8-15)21-18(22)16(20)14-11-9-13(2)10-12-14/h4-12,16-17H,3H2,1-2H3,(H,21,22)/t16-,17+/m1/s1. The van der Waals surface area contributed by atoms with Gasteiger partial charge in [0.2, 0.25) is 5.91 Å². The molecule has 0 unspecified atom stereocenters. The maximum atomic E-state index is 12.6. The molecule has 0 saturated carbocycles. The Kier molecular flexibility index (Phi) is 6.55. The lowest BCUT2D eigenvalue weighted by atomic mass is 10.1. The summed E-state index contributed by atoms with van der Waals surface area (Å²) in [5.74, 6) is -0.763. The van der Waals surface area contributed by atoms with Crippen LogP contribution in [0, 0.1) is 6.92 Å². The molecule has 0 fully saturated rings. The lowest BCUT2D eigenvalue weighted by Gasteiger charge is -2.19. The minimum absolute atomic E-state index is 0.258. The lowest BCUT2D eigenvalue weighted by Crippen LogP contribution is -2.36. The van der Waals surface area contributed by atoms with Crippen molar-refractivity contribution in [3.8, 4) is 0 Å². The second kappa shape index (κ2) is 8.64. The van der Waals surface area contributed by atoms with Crippen LogP contribution in [0.1, 0.15) is 34.5 Å². The summed E-state index contributed by atoms with van der Waals surface area (Å²) in [6, 6.07) is 15.9. The summed E-state index contributed by atoms with van der Waals surface area (Å²) in [5.41, 5.74) is 2.63. The molecule has 0 aliphatic heterocycles. The van der Waals surface area contributed by atoms with Crippen molar-refractivity contribution in [2.24, 2.45) is 0 Å². The number of hydrogen-bond donors (Lipinski definition) is 1. The van der Waals surface area contributed by atoms with Gasteiger partial charge in [0, 0.05) is 0 Å². The molecule has 2 aromatic carbocycles. The molecule has 2 aromatic rings. The van der Waals surface area contributed by atoms with E-state index < -0.39 is 16.8 Å². The van der Waals surface area contributed by atoms with Gasteiger partial charge in [0.15, 0.2) is 6.04 Å². The van der Waals surface area contributed by atoms with Crippen LogP contribution in [0.5, 0.6) is 0 Å². The van der Waals surface area contributed by atoms with E-state index in [1.165, 1.54) is 0 Å². The number of benzene rings is 2. The largest absolute Gasteiger partial charge is 0.464 e. The van der Waals surface area contributed by atoms with E-state index in [-0.39, 0.29) is 12.5 Å². The summed E-state index contributed by atoms with van der Waals surface area (Å²) < 4.78 is 5.09. The molecule has 1 amide bonds. The number of hydrogen-bond acceptors (Lipinski definition) is 3. The minimum atomic E-state index is -0.829. The molecule has 0 heterocycles. The first kappa shape index (κ1) is 18.2. The summed E-state index contributed by atoms with van der Waals surface area (Å²) in [5, 5.41) is 2.77. The van der Waals surface area contributed by atoms with Crippen molar-refractivity contribution in [2.75, 3.05) is 6.61 Å². The molecular formula is C19H20BrNO3. The topological polar surface area (TPSA) is 55.4 Å². The highest BCUT2D eigenvalue weighted by Crippen LogP contribution is 2.25. The monoisotopic (exact) mass is 389 g/mol. The Labute approximate surface area is 150 Å². The van der Waals surface area contributed by atoms with Gasteiger partial charge in [-0.15, -0.1) is 0 Å². The lowest BCUT2D eigenvalue weighted by molar-refractivity contribution is -0.147. The fourth-order valence-electron chi connectivity index (χ4n) is 2.25. The summed E-state index contributed by atoms with van der Waals surface area (Å²) in [7, 11) is 0. The van der Waals surface area contributed by atoms with E-state index in [2.05, 4.69) is 21.2 Å². The Bertz CT molecular complexity index is 686. The van der Waals surface area contributed by atoms with E-state index in [0.717, 1.165) is 11.1 Å². The second-order valence-corrected chi connectivity index (χ2v) is 6.29. The smallest absolute Gasteiger partial charge is 0.333 e. The maximum Gasteiger partial charge on any atom is 0.333 e. The summed E-state index contributed by atoms with van der Waals surface area (Å²) in [6.07, 6.45) is 0. The predicted octanol–water partition coefficient (Wildman–Crippen LogP) is 3.85. The van der Waals surface area contributed by atoms with Crippen LogP contribution in [0.2, 0.25) is 0 Å². The van der Waals surface area contributed by atoms with Crippen LogP contribution in [0.3, 0.4) is 0 Å². The minimum Gasteiger partial charge on any atom is -0.464 e. The van der Waals surface area contributed by atoms with E-state index in [9.17, 15) is 9.59 Å². The Balaban J connectivity index is 2.17. The van der Waals surface area contributed by atoms with Crippen LogP contribution < -0.4 is 5.32 Å². The van der Waals surface area contributed by atoms with Crippen LogP contribution in [0.15, 0.2) is 54.6 Å². The molecule has 24 heavy (non-hydrogen) atoms. The normalized spacial score (nSPS) is 13.0. The van der Waals surface area contributed by atoms with Gasteiger partial charge in [-0.1, -0.05) is 76.1 Å². The third-order valence-corrected chi connectivity index (χ3v) is 4.49. The van der Waals surface area contributed by atoms with E-state index in [0.29, 0.717) is 5.56 Å². The molecule has 0 bridgehead atoms. The molecule has 0 aromatic heterocycles. The number of halogens is 1. The summed E-state index contributed by atoms with van der Waals surface area (Å²) in [6.45, 7) is 3.98. The fourth-order valence-corrected chi connectivity index (χ4v) is 2.69. The zero-order valence-electron chi connectivity index (χ0n) is 13.7. The molecule has 4 nitrogen and oxygen atoms in total. The number of carbonyl (C=O) groups is 2. The van der Waals surface area contributed by atoms with Crippen LogP contribution in [-0.4, -0.2) is 18.5 Å². The molecule has 126 valence electrons. The highest BCUT2D eigenvalue weighted by molar-refractivity contribution is 9.09. The van der Waals surface area contributed by atoms with Gasteiger partial charge in [-0.3, -0.25) is 4.79 Å². The van der Waals surface area contributed by atoms with E-state index >= 15 is 0 Å². The number of amides is 1. The van der Waals surface area contributed by atoms with Crippen molar-refractivity contribution in [1.82, 2.24) is 5.32 Å². The molecule has 2 atom stereocenters. The van der Waals surface area contributed by atoms with Crippen molar-refractivity contribution in [3.63, 3.8) is 0 Å². The zero-order valence-corrected chi connectivity index (χ0v) is 15.2. The second-order valence-electron chi connectivity index (χ2n) is 5.38. The van der Waals surface area contributed by atoms with Gasteiger partial charge < -0.3 is 10.1 Å². The Morgan fingerprint density at radius 1 is 1.04 bits per heavy atom. The predicted molar refractivity (Wildman–Crippen MR) is 96.8 cm³/mol. The van der Waals surface area contributed by atoms with Crippen LogP contribution >= 0.6 is 15.9 Å². The van der Waals surface area contributed by atoms with Crippen molar-refractivity contribution in [1.29, 1.82) is 0 Å². The third-order valence-electron chi connectivity index (χ3n) is 3.54. The van der Waals surface area contributed by atoms with E-state index in [1.807, 2.05) is 49.4 Å². The molecule has 5 heteroatoms. The van der Waals surface area contributed by atoms with Gasteiger partial charge in [-0.05, 0) is 25.0 Å². The van der Waals surface area contributed by atoms with Crippen molar-refractivity contribution >= 4 is 27.8 Å². The SMILES string of the molecule is CCOC(=O)[C@@H](NC(=O)[C@H](Br)c1ccc(C)cc1)c1ccccc1. The van der Waals surface area contributed by atoms with Gasteiger partial charge in [0.25, 0.3) is 0 Å². The Morgan fingerprint density at radius 3 is 2.25 bits per heavy atom. The number of carbonyl (C=O) groups excluding carboxylic acids is 2. The number of nitrogens with one attached hydrogen (secondary N) is 1. The Hall–Kier alpha value is -2.14. The van der Waals surface area contributed by atoms with Crippen molar-refractivity contribution in [2.45, 2.75) is 24.7 Å². The van der Waals surface area contributed by atoms with Gasteiger partial charge in [-0.2, -0.15) is 0 Å². The Morgan fingerprint density at radius 2 is 1.67 bits per heavy atom. The number of aryl methyl sites for hydroxylation is 1. The number of alkyl halides is 1. The van der Waals surface area contributed by atoms with Gasteiger partial charge in [-0.25, -0.2) is 4.79 Å².